The van der Waals surface area contributed by atoms with Crippen LogP contribution in [-0.4, -0.2) is 37.0 Å². The molecule has 0 heterocycles. The Bertz CT molecular complexity index is 543. The van der Waals surface area contributed by atoms with E-state index >= 15 is 0 Å². The Kier molecular flexibility index (Phi) is 4.48. The molecular weight excluding hydrogens is 386 g/mol. The molecule has 0 radical (unpaired) electrons. The van der Waals surface area contributed by atoms with E-state index in [9.17, 15) is 8.42 Å². The van der Waals surface area contributed by atoms with Gasteiger partial charge in [-0.05, 0) is 47.0 Å². The summed E-state index contributed by atoms with van der Waals surface area (Å²) in [5.74, 6) is 0. The van der Waals surface area contributed by atoms with Crippen molar-refractivity contribution >= 4 is 41.9 Å². The van der Waals surface area contributed by atoms with Crippen LogP contribution in [-0.2, 0) is 10.0 Å². The fraction of sp³-hybridized carbons (Fsp3) is 0.455. The van der Waals surface area contributed by atoms with Gasteiger partial charge < -0.3 is 5.11 Å². The highest BCUT2D eigenvalue weighted by Gasteiger charge is 2.38. The van der Waals surface area contributed by atoms with Gasteiger partial charge in [-0.25, -0.2) is 8.42 Å². The first-order valence-electron chi connectivity index (χ1n) is 5.54. The molecule has 1 aromatic rings. The predicted octanol–water partition coefficient (Wildman–Crippen LogP) is 2.36. The van der Waals surface area contributed by atoms with Gasteiger partial charge in [0.1, 0.15) is 0 Å². The second-order valence-electron chi connectivity index (χ2n) is 4.15. The first-order chi connectivity index (χ1) is 8.46. The van der Waals surface area contributed by atoms with E-state index in [1.165, 1.54) is 4.31 Å². The normalized spacial score (nSPS) is 16.2. The van der Waals surface area contributed by atoms with Crippen molar-refractivity contribution in [2.75, 3.05) is 13.2 Å². The Morgan fingerprint density at radius 3 is 2.50 bits per heavy atom. The summed E-state index contributed by atoms with van der Waals surface area (Å²) in [6.07, 6.45) is 1.74. The van der Waals surface area contributed by atoms with E-state index in [0.717, 1.165) is 17.3 Å². The molecule has 0 amide bonds. The minimum absolute atomic E-state index is 0.0395. The maximum atomic E-state index is 12.5. The van der Waals surface area contributed by atoms with Crippen molar-refractivity contribution in [2.45, 2.75) is 23.8 Å². The number of rotatable bonds is 5. The number of halogens is 2. The summed E-state index contributed by atoms with van der Waals surface area (Å²) < 4.78 is 27.7. The van der Waals surface area contributed by atoms with Crippen molar-refractivity contribution in [2.24, 2.45) is 0 Å². The van der Waals surface area contributed by atoms with Crippen molar-refractivity contribution in [1.82, 2.24) is 4.31 Å². The standard InChI is InChI=1S/C11H13Br2NO3S/c12-8-1-4-11(10(13)7-8)18(16,17)14(5-6-15)9-2-3-9/h1,4,7,9,15H,2-3,5-6H2. The van der Waals surface area contributed by atoms with Crippen LogP contribution in [0.5, 0.6) is 0 Å². The second kappa shape index (κ2) is 5.58. The molecule has 0 saturated heterocycles. The van der Waals surface area contributed by atoms with Crippen LogP contribution in [0.3, 0.4) is 0 Å². The van der Waals surface area contributed by atoms with Crippen LogP contribution >= 0.6 is 31.9 Å². The van der Waals surface area contributed by atoms with E-state index in [-0.39, 0.29) is 24.1 Å². The highest BCUT2D eigenvalue weighted by atomic mass is 79.9. The number of hydrogen-bond donors (Lipinski definition) is 1. The van der Waals surface area contributed by atoms with Crippen LogP contribution in [0, 0.1) is 0 Å². The number of sulfonamides is 1. The number of aliphatic hydroxyl groups excluding tert-OH is 1. The fourth-order valence-electron chi connectivity index (χ4n) is 1.77. The summed E-state index contributed by atoms with van der Waals surface area (Å²) in [5.41, 5.74) is 0. The Morgan fingerprint density at radius 1 is 1.33 bits per heavy atom. The van der Waals surface area contributed by atoms with Gasteiger partial charge in [0.25, 0.3) is 0 Å². The van der Waals surface area contributed by atoms with Gasteiger partial charge in [0.2, 0.25) is 10.0 Å². The molecular formula is C11H13Br2NO3S. The lowest BCUT2D eigenvalue weighted by atomic mass is 10.4. The molecule has 18 heavy (non-hydrogen) atoms. The number of nitrogens with zero attached hydrogens (tertiary/aromatic N) is 1. The smallest absolute Gasteiger partial charge is 0.244 e. The zero-order chi connectivity index (χ0) is 13.3. The van der Waals surface area contributed by atoms with E-state index in [1.54, 1.807) is 18.2 Å². The van der Waals surface area contributed by atoms with Crippen LogP contribution in [0.4, 0.5) is 0 Å². The van der Waals surface area contributed by atoms with Gasteiger partial charge in [0, 0.05) is 21.5 Å². The second-order valence-corrected chi connectivity index (χ2v) is 7.77. The molecule has 4 nitrogen and oxygen atoms in total. The summed E-state index contributed by atoms with van der Waals surface area (Å²) in [7, 11) is -3.54. The van der Waals surface area contributed by atoms with Gasteiger partial charge in [0.15, 0.2) is 0 Å². The maximum absolute atomic E-state index is 12.5. The quantitative estimate of drug-likeness (QED) is 0.828. The maximum Gasteiger partial charge on any atom is 0.244 e. The molecule has 1 saturated carbocycles. The minimum Gasteiger partial charge on any atom is -0.395 e. The van der Waals surface area contributed by atoms with Crippen LogP contribution in [0.15, 0.2) is 32.0 Å². The van der Waals surface area contributed by atoms with E-state index in [1.807, 2.05) is 0 Å². The summed E-state index contributed by atoms with van der Waals surface area (Å²) in [4.78, 5) is 0.242. The van der Waals surface area contributed by atoms with Crippen LogP contribution in [0.1, 0.15) is 12.8 Å². The van der Waals surface area contributed by atoms with E-state index in [2.05, 4.69) is 31.9 Å². The molecule has 0 bridgehead atoms. The molecule has 1 aliphatic rings. The fourth-order valence-corrected chi connectivity index (χ4v) is 5.15. The largest absolute Gasteiger partial charge is 0.395 e. The average molecular weight is 399 g/mol. The molecule has 0 atom stereocenters. The van der Waals surface area contributed by atoms with Crippen molar-refractivity contribution in [3.05, 3.63) is 27.1 Å². The van der Waals surface area contributed by atoms with Crippen molar-refractivity contribution in [1.29, 1.82) is 0 Å². The molecule has 0 spiro atoms. The molecule has 7 heteroatoms. The number of aliphatic hydroxyl groups is 1. The Morgan fingerprint density at radius 2 is 2.00 bits per heavy atom. The molecule has 1 N–H and O–H groups in total. The third-order valence-electron chi connectivity index (χ3n) is 2.76. The Hall–Kier alpha value is 0.0500. The predicted molar refractivity (Wildman–Crippen MR) is 75.8 cm³/mol. The minimum atomic E-state index is -3.54. The highest BCUT2D eigenvalue weighted by molar-refractivity contribution is 9.11. The monoisotopic (exact) mass is 397 g/mol. The molecule has 100 valence electrons. The highest BCUT2D eigenvalue weighted by Crippen LogP contribution is 2.34. The molecule has 1 aromatic carbocycles. The third kappa shape index (κ3) is 2.96. The summed E-state index contributed by atoms with van der Waals surface area (Å²) in [6.45, 7) is -0.0145. The van der Waals surface area contributed by atoms with Gasteiger partial charge in [0.05, 0.1) is 11.5 Å². The van der Waals surface area contributed by atoms with E-state index < -0.39 is 10.0 Å². The third-order valence-corrected chi connectivity index (χ3v) is 6.18. The summed E-state index contributed by atoms with van der Waals surface area (Å²) >= 11 is 6.57. The lowest BCUT2D eigenvalue weighted by Crippen LogP contribution is -2.35. The number of benzene rings is 1. The lowest BCUT2D eigenvalue weighted by Gasteiger charge is -2.21. The molecule has 0 aliphatic heterocycles. The van der Waals surface area contributed by atoms with Crippen LogP contribution in [0.25, 0.3) is 0 Å². The lowest BCUT2D eigenvalue weighted by molar-refractivity contribution is 0.250. The van der Waals surface area contributed by atoms with Crippen molar-refractivity contribution in [3.8, 4) is 0 Å². The van der Waals surface area contributed by atoms with Gasteiger partial charge in [-0.2, -0.15) is 4.31 Å². The summed E-state index contributed by atoms with van der Waals surface area (Å²) in [5, 5.41) is 9.01. The first kappa shape index (κ1) is 14.5. The van der Waals surface area contributed by atoms with Gasteiger partial charge >= 0.3 is 0 Å². The first-order valence-corrected chi connectivity index (χ1v) is 8.57. The molecule has 1 aliphatic carbocycles. The summed E-state index contributed by atoms with van der Waals surface area (Å²) in [6, 6.07) is 5.01. The van der Waals surface area contributed by atoms with Gasteiger partial charge in [-0.1, -0.05) is 15.9 Å². The van der Waals surface area contributed by atoms with Crippen LogP contribution < -0.4 is 0 Å². The van der Waals surface area contributed by atoms with Gasteiger partial charge in [-0.3, -0.25) is 0 Å². The van der Waals surface area contributed by atoms with Gasteiger partial charge in [-0.15, -0.1) is 0 Å². The zero-order valence-electron chi connectivity index (χ0n) is 9.51. The van der Waals surface area contributed by atoms with Crippen LogP contribution in [0.2, 0.25) is 0 Å². The molecule has 1 fully saturated rings. The van der Waals surface area contributed by atoms with E-state index in [4.69, 9.17) is 5.11 Å². The molecule has 2 rings (SSSR count). The Balaban J connectivity index is 2.39. The molecule has 0 aromatic heterocycles. The molecule has 0 unspecified atom stereocenters. The average Bonchev–Trinajstić information content (AvgIpc) is 3.08. The zero-order valence-corrected chi connectivity index (χ0v) is 13.5. The SMILES string of the molecule is O=S(=O)(c1ccc(Br)cc1Br)N(CCO)C1CC1. The Labute approximate surface area is 123 Å². The van der Waals surface area contributed by atoms with Crippen molar-refractivity contribution < 1.29 is 13.5 Å². The van der Waals surface area contributed by atoms with Crippen molar-refractivity contribution in [3.63, 3.8) is 0 Å². The topological polar surface area (TPSA) is 57.6 Å². The van der Waals surface area contributed by atoms with E-state index in [0.29, 0.717) is 4.47 Å². The number of hydrogen-bond acceptors (Lipinski definition) is 3.